The molecule has 1 aromatic rings. The highest BCUT2D eigenvalue weighted by atomic mass is 16.3. The SMILES string of the molecule is CC[N+](Cc1ccoc1)=C(N)N. The van der Waals surface area contributed by atoms with Gasteiger partial charge in [-0.25, -0.2) is 0 Å². The van der Waals surface area contributed by atoms with Crippen molar-refractivity contribution in [3.63, 3.8) is 0 Å². The average Bonchev–Trinajstić information content (AvgIpc) is 2.51. The first-order valence-corrected chi connectivity index (χ1v) is 3.88. The molecule has 12 heavy (non-hydrogen) atoms. The molecule has 0 aliphatic heterocycles. The van der Waals surface area contributed by atoms with Crippen LogP contribution >= 0.6 is 0 Å². The van der Waals surface area contributed by atoms with Crippen LogP contribution in [0.15, 0.2) is 23.0 Å². The van der Waals surface area contributed by atoms with Crippen molar-refractivity contribution in [2.45, 2.75) is 13.5 Å². The molecule has 0 radical (unpaired) electrons. The standard InChI is InChI=1S/C8H13N3O/c1-2-11(8(9)10)5-7-3-4-12-6-7/h3-4,6H,2,5H2,1H3,(H3,9,10)/p+1. The first kappa shape index (κ1) is 8.64. The van der Waals surface area contributed by atoms with Crippen molar-refractivity contribution < 1.29 is 8.99 Å². The van der Waals surface area contributed by atoms with E-state index in [1.54, 1.807) is 12.5 Å². The highest BCUT2D eigenvalue weighted by molar-refractivity contribution is 5.70. The van der Waals surface area contributed by atoms with Crippen LogP contribution in [0.1, 0.15) is 12.5 Å². The minimum Gasteiger partial charge on any atom is -0.472 e. The second kappa shape index (κ2) is 3.80. The summed E-state index contributed by atoms with van der Waals surface area (Å²) >= 11 is 0. The predicted molar refractivity (Wildman–Crippen MR) is 46.6 cm³/mol. The van der Waals surface area contributed by atoms with Crippen molar-refractivity contribution in [2.75, 3.05) is 6.54 Å². The number of furan rings is 1. The fraction of sp³-hybridized carbons (Fsp3) is 0.375. The molecule has 0 saturated carbocycles. The molecule has 1 rings (SSSR count). The van der Waals surface area contributed by atoms with Gasteiger partial charge in [0.15, 0.2) is 0 Å². The smallest absolute Gasteiger partial charge is 0.341 e. The van der Waals surface area contributed by atoms with Crippen LogP contribution in [-0.4, -0.2) is 17.1 Å². The fourth-order valence-electron chi connectivity index (χ4n) is 0.989. The lowest BCUT2D eigenvalue weighted by Crippen LogP contribution is -2.35. The normalized spacial score (nSPS) is 9.75. The van der Waals surface area contributed by atoms with Crippen LogP contribution < -0.4 is 11.5 Å². The van der Waals surface area contributed by atoms with E-state index in [0.29, 0.717) is 12.5 Å². The molecule has 4 N–H and O–H groups in total. The van der Waals surface area contributed by atoms with Crippen LogP contribution in [0.25, 0.3) is 0 Å². The van der Waals surface area contributed by atoms with E-state index < -0.39 is 0 Å². The van der Waals surface area contributed by atoms with Crippen LogP contribution in [-0.2, 0) is 6.54 Å². The third-order valence-corrected chi connectivity index (χ3v) is 1.70. The molecule has 0 bridgehead atoms. The molecule has 66 valence electrons. The van der Waals surface area contributed by atoms with Gasteiger partial charge in [-0.3, -0.25) is 16.0 Å². The summed E-state index contributed by atoms with van der Waals surface area (Å²) in [5, 5.41) is 0. The highest BCUT2D eigenvalue weighted by Gasteiger charge is 2.03. The van der Waals surface area contributed by atoms with E-state index >= 15 is 0 Å². The van der Waals surface area contributed by atoms with Crippen LogP contribution in [0.5, 0.6) is 0 Å². The van der Waals surface area contributed by atoms with E-state index in [0.717, 1.165) is 12.1 Å². The van der Waals surface area contributed by atoms with Crippen molar-refractivity contribution >= 4 is 5.96 Å². The number of nitrogens with two attached hydrogens (primary N) is 2. The maximum Gasteiger partial charge on any atom is 0.341 e. The summed E-state index contributed by atoms with van der Waals surface area (Å²) in [5.74, 6) is 0.346. The summed E-state index contributed by atoms with van der Waals surface area (Å²) in [7, 11) is 0. The number of hydrogen-bond acceptors (Lipinski definition) is 1. The van der Waals surface area contributed by atoms with Gasteiger partial charge in [0.1, 0.15) is 0 Å². The summed E-state index contributed by atoms with van der Waals surface area (Å²) in [6.45, 7) is 3.50. The molecule has 0 amide bonds. The molecule has 0 unspecified atom stereocenters. The van der Waals surface area contributed by atoms with Gasteiger partial charge in [0.2, 0.25) is 0 Å². The molecule has 1 heterocycles. The fourth-order valence-corrected chi connectivity index (χ4v) is 0.989. The highest BCUT2D eigenvalue weighted by Crippen LogP contribution is 2.00. The van der Waals surface area contributed by atoms with Crippen molar-refractivity contribution in [3.05, 3.63) is 24.2 Å². The van der Waals surface area contributed by atoms with Crippen LogP contribution in [0.3, 0.4) is 0 Å². The first-order chi connectivity index (χ1) is 5.74. The molecular weight excluding hydrogens is 154 g/mol. The minimum atomic E-state index is 0.346. The second-order valence-electron chi connectivity index (χ2n) is 2.57. The zero-order chi connectivity index (χ0) is 8.97. The van der Waals surface area contributed by atoms with E-state index in [4.69, 9.17) is 15.9 Å². The summed E-state index contributed by atoms with van der Waals surface area (Å²) in [5.41, 5.74) is 12.0. The zero-order valence-corrected chi connectivity index (χ0v) is 7.16. The van der Waals surface area contributed by atoms with Gasteiger partial charge >= 0.3 is 5.96 Å². The molecule has 0 saturated heterocycles. The number of guanidine groups is 1. The number of nitrogens with zero attached hydrogens (tertiary/aromatic N) is 1. The van der Waals surface area contributed by atoms with Gasteiger partial charge in [-0.05, 0) is 13.0 Å². The largest absolute Gasteiger partial charge is 0.472 e. The van der Waals surface area contributed by atoms with Gasteiger partial charge in [-0.15, -0.1) is 0 Å². The molecular formula is C8H14N3O+. The Hall–Kier alpha value is -1.45. The molecule has 0 atom stereocenters. The van der Waals surface area contributed by atoms with E-state index in [1.165, 1.54) is 0 Å². The predicted octanol–water partition coefficient (Wildman–Crippen LogP) is 0.0854. The van der Waals surface area contributed by atoms with Crippen molar-refractivity contribution in [1.29, 1.82) is 0 Å². The van der Waals surface area contributed by atoms with E-state index in [-0.39, 0.29) is 0 Å². The van der Waals surface area contributed by atoms with Crippen LogP contribution in [0, 0.1) is 0 Å². The number of hydrogen-bond donors (Lipinski definition) is 2. The lowest BCUT2D eigenvalue weighted by Gasteiger charge is -2.03. The van der Waals surface area contributed by atoms with Gasteiger partial charge in [0.25, 0.3) is 0 Å². The second-order valence-corrected chi connectivity index (χ2v) is 2.57. The first-order valence-electron chi connectivity index (χ1n) is 3.88. The number of rotatable bonds is 3. The van der Waals surface area contributed by atoms with Crippen LogP contribution in [0.2, 0.25) is 0 Å². The Morgan fingerprint density at radius 1 is 1.58 bits per heavy atom. The summed E-state index contributed by atoms with van der Waals surface area (Å²) in [6.07, 6.45) is 3.32. The van der Waals surface area contributed by atoms with Gasteiger partial charge in [0, 0.05) is 5.56 Å². The van der Waals surface area contributed by atoms with Crippen molar-refractivity contribution in [1.82, 2.24) is 0 Å². The van der Waals surface area contributed by atoms with E-state index in [9.17, 15) is 0 Å². The van der Waals surface area contributed by atoms with Crippen molar-refractivity contribution in [2.24, 2.45) is 11.5 Å². The Labute approximate surface area is 71.5 Å². The van der Waals surface area contributed by atoms with Crippen molar-refractivity contribution in [3.8, 4) is 0 Å². The summed E-state index contributed by atoms with van der Waals surface area (Å²) in [6, 6.07) is 1.89. The Bertz CT molecular complexity index is 260. The molecule has 0 spiro atoms. The lowest BCUT2D eigenvalue weighted by molar-refractivity contribution is -0.542. The van der Waals surface area contributed by atoms with Gasteiger partial charge in [0.05, 0.1) is 25.6 Å². The molecule has 4 heteroatoms. The summed E-state index contributed by atoms with van der Waals surface area (Å²) < 4.78 is 6.79. The Morgan fingerprint density at radius 3 is 2.75 bits per heavy atom. The topological polar surface area (TPSA) is 68.2 Å². The Kier molecular flexibility index (Phi) is 2.74. The van der Waals surface area contributed by atoms with E-state index in [2.05, 4.69) is 0 Å². The van der Waals surface area contributed by atoms with Gasteiger partial charge in [-0.1, -0.05) is 0 Å². The average molecular weight is 168 g/mol. The van der Waals surface area contributed by atoms with E-state index in [1.807, 2.05) is 17.6 Å². The quantitative estimate of drug-likeness (QED) is 0.381. The Balaban J connectivity index is 2.68. The lowest BCUT2D eigenvalue weighted by atomic mass is 10.3. The Morgan fingerprint density at radius 2 is 2.33 bits per heavy atom. The molecule has 0 aliphatic rings. The monoisotopic (exact) mass is 168 g/mol. The maximum absolute atomic E-state index is 5.45. The van der Waals surface area contributed by atoms with Gasteiger partial charge < -0.3 is 4.42 Å². The molecule has 0 fully saturated rings. The third-order valence-electron chi connectivity index (χ3n) is 1.70. The molecule has 0 aromatic carbocycles. The van der Waals surface area contributed by atoms with Gasteiger partial charge in [-0.2, -0.15) is 0 Å². The van der Waals surface area contributed by atoms with Crippen LogP contribution in [0.4, 0.5) is 0 Å². The summed E-state index contributed by atoms with van der Waals surface area (Å²) in [4.78, 5) is 0. The molecule has 0 aliphatic carbocycles. The third kappa shape index (κ3) is 2.02. The molecule has 1 aromatic heterocycles. The molecule has 4 nitrogen and oxygen atoms in total. The minimum absolute atomic E-state index is 0.346. The zero-order valence-electron chi connectivity index (χ0n) is 7.16. The maximum atomic E-state index is 5.45.